The molecule has 33 heavy (non-hydrogen) atoms. The third-order valence-electron chi connectivity index (χ3n) is 4.63. The first kappa shape index (κ1) is 26.1. The summed E-state index contributed by atoms with van der Waals surface area (Å²) >= 11 is 0. The van der Waals surface area contributed by atoms with Gasteiger partial charge in [0.15, 0.2) is 0 Å². The van der Waals surface area contributed by atoms with Crippen LogP contribution in [0.5, 0.6) is 5.75 Å². The minimum Gasteiger partial charge on any atom is -0.497 e. The summed E-state index contributed by atoms with van der Waals surface area (Å²) in [5.41, 5.74) is 2.90. The molecular weight excluding hydrogens is 430 g/mol. The lowest BCUT2D eigenvalue weighted by Gasteiger charge is -2.13. The van der Waals surface area contributed by atoms with E-state index in [-0.39, 0.29) is 0 Å². The van der Waals surface area contributed by atoms with Crippen molar-refractivity contribution in [3.63, 3.8) is 0 Å². The molecule has 6 nitrogen and oxygen atoms in total. The molecule has 1 aliphatic heterocycles. The number of benzene rings is 2. The quantitative estimate of drug-likeness (QED) is 0.353. The molecule has 4 rings (SSSR count). The summed E-state index contributed by atoms with van der Waals surface area (Å²) in [6.07, 6.45) is 5.60. The van der Waals surface area contributed by atoms with Crippen LogP contribution in [0.3, 0.4) is 0 Å². The fraction of sp³-hybridized carbons (Fsp3) is 0.308. The first-order valence-corrected chi connectivity index (χ1v) is 12.7. The maximum absolute atomic E-state index is 8.42. The third-order valence-corrected chi connectivity index (χ3v) is 6.15. The molecule has 3 N–H and O–H groups in total. The van der Waals surface area contributed by atoms with Gasteiger partial charge in [-0.2, -0.15) is 4.98 Å². The van der Waals surface area contributed by atoms with Gasteiger partial charge in [-0.25, -0.2) is 4.98 Å². The van der Waals surface area contributed by atoms with Crippen molar-refractivity contribution < 1.29 is 4.74 Å². The second kappa shape index (κ2) is 14.1. The largest absolute Gasteiger partial charge is 0.497 e. The van der Waals surface area contributed by atoms with Crippen molar-refractivity contribution in [1.82, 2.24) is 9.97 Å². The first-order valence-electron chi connectivity index (χ1n) is 11.3. The number of rotatable bonds is 2. The van der Waals surface area contributed by atoms with Gasteiger partial charge in [0.05, 0.1) is 7.11 Å². The van der Waals surface area contributed by atoms with Gasteiger partial charge in [0.2, 0.25) is 5.95 Å². The summed E-state index contributed by atoms with van der Waals surface area (Å²) in [7, 11) is 1.17. The molecule has 1 aliphatic rings. The lowest BCUT2D eigenvalue weighted by Crippen LogP contribution is -2.08. The predicted octanol–water partition coefficient (Wildman–Crippen LogP) is 7.06. The van der Waals surface area contributed by atoms with Crippen LogP contribution in [0.2, 0.25) is 0 Å². The molecule has 2 aromatic carbocycles. The zero-order chi connectivity index (χ0) is 24.1. The van der Waals surface area contributed by atoms with Crippen LogP contribution in [0, 0.1) is 4.78 Å². The van der Waals surface area contributed by atoms with Gasteiger partial charge in [-0.3, -0.25) is 4.78 Å². The molecule has 3 aromatic rings. The fourth-order valence-corrected chi connectivity index (χ4v) is 4.35. The Kier molecular flexibility index (Phi) is 11.1. The Morgan fingerprint density at radius 3 is 2.55 bits per heavy atom. The number of ether oxygens (including phenoxy) is 1. The van der Waals surface area contributed by atoms with E-state index < -0.39 is 10.7 Å². The molecular formula is C26H35N5OS. The van der Waals surface area contributed by atoms with Crippen LogP contribution in [0.15, 0.2) is 72.3 Å². The van der Waals surface area contributed by atoms with E-state index in [0.717, 1.165) is 58.4 Å². The van der Waals surface area contributed by atoms with E-state index in [1.165, 1.54) is 0 Å². The molecule has 7 heteroatoms. The van der Waals surface area contributed by atoms with E-state index in [0.29, 0.717) is 5.95 Å². The Morgan fingerprint density at radius 1 is 1.12 bits per heavy atom. The molecule has 1 atom stereocenters. The van der Waals surface area contributed by atoms with E-state index in [2.05, 4.69) is 22.2 Å². The minimum absolute atomic E-state index is 0.497. The lowest BCUT2D eigenvalue weighted by atomic mass is 10.1. The van der Waals surface area contributed by atoms with Crippen molar-refractivity contribution >= 4 is 28.1 Å². The van der Waals surface area contributed by atoms with Crippen molar-refractivity contribution in [2.75, 3.05) is 30.0 Å². The van der Waals surface area contributed by atoms with Crippen LogP contribution in [0.4, 0.5) is 17.5 Å². The number of hydrogen-bond acceptors (Lipinski definition) is 6. The second-order valence-electron chi connectivity index (χ2n) is 6.97. The highest BCUT2D eigenvalue weighted by Gasteiger charge is 2.11. The van der Waals surface area contributed by atoms with Crippen LogP contribution < -0.4 is 15.4 Å². The molecule has 2 heterocycles. The Morgan fingerprint density at radius 2 is 1.85 bits per heavy atom. The maximum atomic E-state index is 8.42. The highest BCUT2D eigenvalue weighted by atomic mass is 32.2. The molecule has 0 radical (unpaired) electrons. The first-order chi connectivity index (χ1) is 16.1. The van der Waals surface area contributed by atoms with Crippen LogP contribution in [-0.2, 0) is 10.7 Å². The Hall–Kier alpha value is -3.19. The van der Waals surface area contributed by atoms with Crippen molar-refractivity contribution in [3.8, 4) is 16.9 Å². The molecule has 1 aromatic heterocycles. The van der Waals surface area contributed by atoms with E-state index in [1.807, 2.05) is 75.5 Å². The number of nitrogens with zero attached hydrogens (tertiary/aromatic N) is 2. The molecule has 0 saturated heterocycles. The number of nitrogens with one attached hydrogen (secondary N) is 3. The van der Waals surface area contributed by atoms with Crippen LogP contribution in [-0.4, -0.2) is 29.4 Å². The smallest absolute Gasteiger partial charge is 0.229 e. The lowest BCUT2D eigenvalue weighted by molar-refractivity contribution is 0.415. The van der Waals surface area contributed by atoms with Gasteiger partial charge in [-0.1, -0.05) is 48.8 Å². The van der Waals surface area contributed by atoms with Gasteiger partial charge in [-0.15, -0.1) is 6.58 Å². The molecule has 0 amide bonds. The van der Waals surface area contributed by atoms with Gasteiger partial charge < -0.3 is 15.4 Å². The Labute approximate surface area is 200 Å². The SMILES string of the molecule is C=CC.CC.COc1ccc(-c2cnc3nc2NCCCCS(=N)c2cccc(c2)N3)cc1. The summed E-state index contributed by atoms with van der Waals surface area (Å²) < 4.78 is 13.7. The average Bonchev–Trinajstić information content (AvgIpc) is 2.86. The Bertz CT molecular complexity index is 1040. The van der Waals surface area contributed by atoms with Crippen LogP contribution >= 0.6 is 0 Å². The standard InChI is InChI=1S/C21H23N5OS.C3H6.C2H6/c1-27-17-9-7-15(8-10-17)19-14-24-21-25-16-5-4-6-18(13-16)28(22)12-3-2-11-23-20(19)26-21;1-3-2;1-2/h4-10,13-14,22H,2-3,11-12H2,1H3,(H2,23,24,25,26);3H,1H2,2H3;1-2H3. The van der Waals surface area contributed by atoms with E-state index >= 15 is 0 Å². The number of aromatic nitrogens is 2. The molecule has 0 saturated carbocycles. The zero-order valence-corrected chi connectivity index (χ0v) is 20.8. The molecule has 0 aliphatic carbocycles. The third kappa shape index (κ3) is 7.71. The summed E-state index contributed by atoms with van der Waals surface area (Å²) in [6.45, 7) is 10.1. The maximum Gasteiger partial charge on any atom is 0.229 e. The zero-order valence-electron chi connectivity index (χ0n) is 20.0. The number of allylic oxidation sites excluding steroid dienone is 1. The van der Waals surface area contributed by atoms with E-state index in [1.54, 1.807) is 13.2 Å². The van der Waals surface area contributed by atoms with Gasteiger partial charge in [-0.05, 0) is 55.7 Å². The minimum atomic E-state index is -0.497. The molecule has 176 valence electrons. The van der Waals surface area contributed by atoms with Gasteiger partial charge >= 0.3 is 0 Å². The predicted molar refractivity (Wildman–Crippen MR) is 142 cm³/mol. The number of methoxy groups -OCH3 is 1. The molecule has 0 fully saturated rings. The van der Waals surface area contributed by atoms with Crippen LogP contribution in [0.25, 0.3) is 11.1 Å². The normalized spacial score (nSPS) is 14.6. The van der Waals surface area contributed by atoms with Crippen molar-refractivity contribution in [3.05, 3.63) is 67.4 Å². The summed E-state index contributed by atoms with van der Waals surface area (Å²) in [6, 6.07) is 15.9. The van der Waals surface area contributed by atoms with Crippen molar-refractivity contribution in [2.45, 2.75) is 38.5 Å². The van der Waals surface area contributed by atoms with E-state index in [4.69, 9.17) is 14.5 Å². The molecule has 4 bridgehead atoms. The van der Waals surface area contributed by atoms with Gasteiger partial charge in [0.25, 0.3) is 0 Å². The number of hydrogen-bond donors (Lipinski definition) is 3. The van der Waals surface area contributed by atoms with E-state index in [9.17, 15) is 0 Å². The Balaban J connectivity index is 0.000000714. The monoisotopic (exact) mass is 465 g/mol. The average molecular weight is 466 g/mol. The van der Waals surface area contributed by atoms with Gasteiger partial charge in [0.1, 0.15) is 11.6 Å². The molecule has 1 unspecified atom stereocenters. The van der Waals surface area contributed by atoms with Crippen molar-refractivity contribution in [1.29, 1.82) is 4.78 Å². The second-order valence-corrected chi connectivity index (χ2v) is 8.64. The number of fused-ring (bicyclic) bond motifs is 4. The summed E-state index contributed by atoms with van der Waals surface area (Å²) in [4.78, 5) is 10.3. The topological polar surface area (TPSA) is 82.9 Å². The van der Waals surface area contributed by atoms with Gasteiger partial charge in [0, 0.05) is 34.6 Å². The van der Waals surface area contributed by atoms with Crippen LogP contribution in [0.1, 0.15) is 33.6 Å². The summed E-state index contributed by atoms with van der Waals surface area (Å²) in [5, 5.41) is 6.74. The molecule has 0 spiro atoms. The fourth-order valence-electron chi connectivity index (χ4n) is 3.11. The highest BCUT2D eigenvalue weighted by Crippen LogP contribution is 2.29. The number of anilines is 3. The summed E-state index contributed by atoms with van der Waals surface area (Å²) in [5.74, 6) is 3.05. The van der Waals surface area contributed by atoms with Crippen molar-refractivity contribution in [2.24, 2.45) is 0 Å². The highest BCUT2D eigenvalue weighted by molar-refractivity contribution is 7.86.